The van der Waals surface area contributed by atoms with Crippen LogP contribution in [0.4, 0.5) is 0 Å². The van der Waals surface area contributed by atoms with Crippen molar-refractivity contribution in [3.8, 4) is 0 Å². The number of likely N-dealkylation sites (tertiary alicyclic amines) is 1. The zero-order valence-corrected chi connectivity index (χ0v) is 18.6. The molecule has 3 amide bonds. The average molecular weight is 452 g/mol. The van der Waals surface area contributed by atoms with Crippen molar-refractivity contribution in [1.29, 1.82) is 0 Å². The molecular weight excluding hydrogens is 426 g/mol. The van der Waals surface area contributed by atoms with Gasteiger partial charge in [0.25, 0.3) is 5.91 Å². The highest BCUT2D eigenvalue weighted by atomic mass is 35.5. The van der Waals surface area contributed by atoms with E-state index in [0.29, 0.717) is 24.4 Å². The molecule has 2 aromatic rings. The number of rotatable bonds is 4. The molecule has 0 aliphatic carbocycles. The van der Waals surface area contributed by atoms with Crippen LogP contribution in [-0.4, -0.2) is 46.7 Å². The van der Waals surface area contributed by atoms with E-state index in [1.54, 1.807) is 4.90 Å². The minimum absolute atomic E-state index is 0.124. The molecule has 0 aromatic heterocycles. The second-order valence-corrected chi connectivity index (χ2v) is 9.37. The fourth-order valence-corrected chi connectivity index (χ4v) is 5.48. The summed E-state index contributed by atoms with van der Waals surface area (Å²) in [6.45, 7) is 3.28. The summed E-state index contributed by atoms with van der Waals surface area (Å²) in [4.78, 5) is 40.6. The average Bonchev–Trinajstić information content (AvgIpc) is 3.10. The minimum atomic E-state index is -0.570. The maximum atomic E-state index is 12.9. The highest BCUT2D eigenvalue weighted by Crippen LogP contribution is 2.33. The standard InChI is InChI=1S/C25H26ClN3O3/c26-21-4-2-1-3-19(21)17-9-11-28(12-10-17)14-16-5-6-20-18(13-16)15-29(25(20)32)22-7-8-23(30)27-24(22)31/h1-6,13,17,22H,7-12,14-15H2,(H,27,30,31). The van der Waals surface area contributed by atoms with E-state index < -0.39 is 6.04 Å². The predicted octanol–water partition coefficient (Wildman–Crippen LogP) is 3.48. The van der Waals surface area contributed by atoms with Crippen LogP contribution in [0.2, 0.25) is 5.02 Å². The van der Waals surface area contributed by atoms with Crippen molar-refractivity contribution >= 4 is 29.3 Å². The van der Waals surface area contributed by atoms with Crippen molar-refractivity contribution in [1.82, 2.24) is 15.1 Å². The maximum absolute atomic E-state index is 12.9. The van der Waals surface area contributed by atoms with Crippen LogP contribution in [0.25, 0.3) is 0 Å². The summed E-state index contributed by atoms with van der Waals surface area (Å²) in [5, 5.41) is 3.21. The Bertz CT molecular complexity index is 1080. The van der Waals surface area contributed by atoms with E-state index in [-0.39, 0.29) is 24.1 Å². The van der Waals surface area contributed by atoms with Gasteiger partial charge in [0.2, 0.25) is 11.8 Å². The zero-order chi connectivity index (χ0) is 22.2. The lowest BCUT2D eigenvalue weighted by Crippen LogP contribution is -2.52. The Hall–Kier alpha value is -2.70. The molecular formula is C25H26ClN3O3. The Morgan fingerprint density at radius 1 is 1.00 bits per heavy atom. The van der Waals surface area contributed by atoms with Crippen LogP contribution < -0.4 is 5.32 Å². The van der Waals surface area contributed by atoms with Crippen LogP contribution in [0.15, 0.2) is 42.5 Å². The van der Waals surface area contributed by atoms with Crippen LogP contribution >= 0.6 is 11.6 Å². The number of halogens is 1. The van der Waals surface area contributed by atoms with Gasteiger partial charge in [0, 0.05) is 30.1 Å². The first-order valence-electron chi connectivity index (χ1n) is 11.2. The number of hydrogen-bond acceptors (Lipinski definition) is 4. The topological polar surface area (TPSA) is 69.7 Å². The lowest BCUT2D eigenvalue weighted by molar-refractivity contribution is -0.136. The molecule has 5 rings (SSSR count). The number of carbonyl (C=O) groups is 3. The number of carbonyl (C=O) groups excluding carboxylic acids is 3. The molecule has 0 spiro atoms. The third-order valence-corrected chi connectivity index (χ3v) is 7.27. The molecule has 166 valence electrons. The van der Waals surface area contributed by atoms with Crippen LogP contribution in [0, 0.1) is 0 Å². The molecule has 6 nitrogen and oxygen atoms in total. The van der Waals surface area contributed by atoms with E-state index in [1.807, 2.05) is 24.3 Å². The highest BCUT2D eigenvalue weighted by molar-refractivity contribution is 6.31. The number of nitrogens with one attached hydrogen (secondary N) is 1. The fourth-order valence-electron chi connectivity index (χ4n) is 5.19. The first kappa shape index (κ1) is 21.2. The van der Waals surface area contributed by atoms with E-state index >= 15 is 0 Å². The van der Waals surface area contributed by atoms with Crippen molar-refractivity contribution in [3.05, 3.63) is 69.7 Å². The summed E-state index contributed by atoms with van der Waals surface area (Å²) in [6.07, 6.45) is 2.82. The van der Waals surface area contributed by atoms with Crippen molar-refractivity contribution < 1.29 is 14.4 Å². The van der Waals surface area contributed by atoms with Crippen LogP contribution in [0.5, 0.6) is 0 Å². The Kier molecular flexibility index (Phi) is 5.74. The second kappa shape index (κ2) is 8.68. The quantitative estimate of drug-likeness (QED) is 0.722. The molecule has 0 saturated carbocycles. The van der Waals surface area contributed by atoms with Gasteiger partial charge in [-0.15, -0.1) is 0 Å². The molecule has 32 heavy (non-hydrogen) atoms. The molecule has 3 heterocycles. The molecule has 0 bridgehead atoms. The van der Waals surface area contributed by atoms with Gasteiger partial charge in [-0.2, -0.15) is 0 Å². The summed E-state index contributed by atoms with van der Waals surface area (Å²) in [6, 6.07) is 13.6. The van der Waals surface area contributed by atoms with Crippen molar-refractivity contribution in [3.63, 3.8) is 0 Å². The molecule has 3 aliphatic rings. The summed E-state index contributed by atoms with van der Waals surface area (Å²) in [5.41, 5.74) is 4.05. The maximum Gasteiger partial charge on any atom is 0.255 e. The van der Waals surface area contributed by atoms with E-state index in [0.717, 1.165) is 43.1 Å². The van der Waals surface area contributed by atoms with E-state index in [9.17, 15) is 14.4 Å². The van der Waals surface area contributed by atoms with Crippen LogP contribution in [0.1, 0.15) is 58.6 Å². The molecule has 1 unspecified atom stereocenters. The minimum Gasteiger partial charge on any atom is -0.322 e. The molecule has 0 radical (unpaired) electrons. The van der Waals surface area contributed by atoms with Gasteiger partial charge in [0.15, 0.2) is 0 Å². The number of fused-ring (bicyclic) bond motifs is 1. The van der Waals surface area contributed by atoms with Gasteiger partial charge < -0.3 is 4.90 Å². The van der Waals surface area contributed by atoms with Crippen molar-refractivity contribution in [2.75, 3.05) is 13.1 Å². The van der Waals surface area contributed by atoms with Crippen LogP contribution in [-0.2, 0) is 22.7 Å². The van der Waals surface area contributed by atoms with Gasteiger partial charge in [-0.05, 0) is 67.1 Å². The summed E-state index contributed by atoms with van der Waals surface area (Å²) >= 11 is 6.39. The normalized spacial score (nSPS) is 22.2. The second-order valence-electron chi connectivity index (χ2n) is 8.96. The smallest absolute Gasteiger partial charge is 0.255 e. The van der Waals surface area contributed by atoms with Gasteiger partial charge >= 0.3 is 0 Å². The molecule has 1 N–H and O–H groups in total. The monoisotopic (exact) mass is 451 g/mol. The third kappa shape index (κ3) is 4.05. The zero-order valence-electron chi connectivity index (χ0n) is 17.9. The van der Waals surface area contributed by atoms with E-state index in [1.165, 1.54) is 11.1 Å². The Balaban J connectivity index is 1.22. The molecule has 1 atom stereocenters. The molecule has 3 aliphatic heterocycles. The largest absolute Gasteiger partial charge is 0.322 e. The lowest BCUT2D eigenvalue weighted by Gasteiger charge is -2.32. The van der Waals surface area contributed by atoms with Crippen molar-refractivity contribution in [2.24, 2.45) is 0 Å². The number of hydrogen-bond donors (Lipinski definition) is 1. The summed E-state index contributed by atoms with van der Waals surface area (Å²) < 4.78 is 0. The Labute approximate surface area is 192 Å². The van der Waals surface area contributed by atoms with E-state index in [2.05, 4.69) is 28.4 Å². The van der Waals surface area contributed by atoms with Gasteiger partial charge in [0.05, 0.1) is 0 Å². The summed E-state index contributed by atoms with van der Waals surface area (Å²) in [5.74, 6) is -0.263. The van der Waals surface area contributed by atoms with Gasteiger partial charge in [0.1, 0.15) is 6.04 Å². The predicted molar refractivity (Wildman–Crippen MR) is 121 cm³/mol. The molecule has 7 heteroatoms. The van der Waals surface area contributed by atoms with Gasteiger partial charge in [-0.1, -0.05) is 41.9 Å². The number of amides is 3. The van der Waals surface area contributed by atoms with E-state index in [4.69, 9.17) is 11.6 Å². The lowest BCUT2D eigenvalue weighted by atomic mass is 9.89. The first-order valence-corrected chi connectivity index (χ1v) is 11.6. The first-order chi connectivity index (χ1) is 15.5. The number of imide groups is 1. The highest BCUT2D eigenvalue weighted by Gasteiger charge is 2.39. The SMILES string of the molecule is O=C1CCC(N2Cc3cc(CN4CCC(c5ccccc5Cl)CC4)ccc3C2=O)C(=O)N1. The Morgan fingerprint density at radius 3 is 2.53 bits per heavy atom. The van der Waals surface area contributed by atoms with Crippen LogP contribution in [0.3, 0.4) is 0 Å². The molecule has 2 saturated heterocycles. The number of benzene rings is 2. The molecule has 2 fully saturated rings. The third-order valence-electron chi connectivity index (χ3n) is 6.93. The fraction of sp³-hybridized carbons (Fsp3) is 0.400. The van der Waals surface area contributed by atoms with Crippen molar-refractivity contribution in [2.45, 2.75) is 50.7 Å². The summed E-state index contributed by atoms with van der Waals surface area (Å²) in [7, 11) is 0. The van der Waals surface area contributed by atoms with Gasteiger partial charge in [-0.25, -0.2) is 0 Å². The molecule has 2 aromatic carbocycles. The number of piperidine rings is 2. The van der Waals surface area contributed by atoms with Gasteiger partial charge in [-0.3, -0.25) is 24.6 Å². The number of nitrogens with zero attached hydrogens (tertiary/aromatic N) is 2. The Morgan fingerprint density at radius 2 is 1.78 bits per heavy atom.